The number of fused-ring (bicyclic) bond motifs is 5. The van der Waals surface area contributed by atoms with E-state index >= 15 is 0 Å². The van der Waals surface area contributed by atoms with Gasteiger partial charge in [-0.15, -0.1) is 0 Å². The molecule has 0 amide bonds. The minimum Gasteiger partial charge on any atom is -0.475 e. The van der Waals surface area contributed by atoms with Gasteiger partial charge in [0, 0.05) is 33.6 Å². The zero-order valence-corrected chi connectivity index (χ0v) is 35.4. The Morgan fingerprint density at radius 2 is 1.42 bits per heavy atom. The smallest absolute Gasteiger partial charge is 0.216 e. The number of benzene rings is 5. The van der Waals surface area contributed by atoms with Gasteiger partial charge in [0.1, 0.15) is 12.4 Å². The van der Waals surface area contributed by atoms with E-state index in [1.807, 2.05) is 6.20 Å². The first kappa shape index (κ1) is 36.9. The normalized spacial score (nSPS) is 17.5. The van der Waals surface area contributed by atoms with Crippen LogP contribution in [0.2, 0.25) is 0 Å². The average Bonchev–Trinajstić information content (AvgIpc) is 3.72. The fraction of sp³-hybridized carbons (Fsp3) is 0.308. The van der Waals surface area contributed by atoms with Crippen LogP contribution < -0.4 is 4.90 Å². The number of rotatable bonds is 5. The van der Waals surface area contributed by atoms with Gasteiger partial charge in [0.25, 0.3) is 0 Å². The predicted molar refractivity (Wildman–Crippen MR) is 239 cm³/mol. The number of aliphatic imine (C=N–C) groups is 1. The Bertz CT molecular complexity index is 2770. The molecule has 288 valence electrons. The van der Waals surface area contributed by atoms with E-state index in [1.54, 1.807) is 0 Å². The molecule has 9 rings (SSSR count). The van der Waals surface area contributed by atoms with Gasteiger partial charge in [0.05, 0.1) is 27.9 Å². The van der Waals surface area contributed by atoms with Crippen molar-refractivity contribution in [2.24, 2.45) is 10.9 Å². The van der Waals surface area contributed by atoms with E-state index in [2.05, 4.69) is 189 Å². The van der Waals surface area contributed by atoms with Crippen LogP contribution in [0.15, 0.2) is 114 Å². The molecule has 4 heterocycles. The third-order valence-electron chi connectivity index (χ3n) is 12.9. The molecule has 5 heteroatoms. The van der Waals surface area contributed by atoms with E-state index in [4.69, 9.17) is 14.7 Å². The third kappa shape index (κ3) is 5.88. The minimum atomic E-state index is -0.284. The number of aryl methyl sites for hydroxylation is 3. The molecule has 1 atom stereocenters. The standard InChI is InChI=1S/C52H54N4O/c1-31(2)52(11)30-57-49(54-52)36-24-35(48-33(4)15-14-16-34(48)5)25-38(26-36)55-44-18-13-12-17-41(44)51(9,10)42-28-40-39-23-32(3)19-20-43(39)56(45(40)29-46(42)55)47-27-37(21-22-53-47)50(6,7)8/h12-29,31H,30H2,1-11H3/t52-/m0/s1. The summed E-state index contributed by atoms with van der Waals surface area (Å²) in [6.07, 6.45) is 1.96. The van der Waals surface area contributed by atoms with Gasteiger partial charge in [-0.3, -0.25) is 4.57 Å². The highest BCUT2D eigenvalue weighted by Gasteiger charge is 2.39. The largest absolute Gasteiger partial charge is 0.475 e. The monoisotopic (exact) mass is 750 g/mol. The molecule has 0 spiro atoms. The van der Waals surface area contributed by atoms with Crippen molar-refractivity contribution >= 4 is 44.8 Å². The van der Waals surface area contributed by atoms with Crippen LogP contribution in [0.3, 0.4) is 0 Å². The first-order valence-corrected chi connectivity index (χ1v) is 20.5. The molecule has 7 aromatic rings. The van der Waals surface area contributed by atoms with Crippen molar-refractivity contribution in [3.8, 4) is 16.9 Å². The second-order valence-electron chi connectivity index (χ2n) is 18.6. The molecule has 0 unspecified atom stereocenters. The van der Waals surface area contributed by atoms with Gasteiger partial charge < -0.3 is 9.64 Å². The lowest BCUT2D eigenvalue weighted by atomic mass is 9.73. The molecule has 5 aromatic carbocycles. The highest BCUT2D eigenvalue weighted by atomic mass is 16.5. The van der Waals surface area contributed by atoms with Gasteiger partial charge in [-0.1, -0.05) is 96.5 Å². The summed E-state index contributed by atoms with van der Waals surface area (Å²) in [7, 11) is 0. The molecule has 0 saturated heterocycles. The third-order valence-corrected chi connectivity index (χ3v) is 12.9. The Labute approximate surface area is 338 Å². The quantitative estimate of drug-likeness (QED) is 0.176. The number of hydrogen-bond donors (Lipinski definition) is 0. The fourth-order valence-electron chi connectivity index (χ4n) is 9.09. The van der Waals surface area contributed by atoms with Crippen molar-refractivity contribution in [1.82, 2.24) is 9.55 Å². The molecule has 0 N–H and O–H groups in total. The number of para-hydroxylation sites is 1. The van der Waals surface area contributed by atoms with Crippen LogP contribution in [-0.4, -0.2) is 27.6 Å². The van der Waals surface area contributed by atoms with Gasteiger partial charge in [-0.25, -0.2) is 9.98 Å². The molecule has 2 aliphatic rings. The van der Waals surface area contributed by atoms with Crippen LogP contribution in [0.1, 0.15) is 94.3 Å². The number of aromatic nitrogens is 2. The molecule has 0 saturated carbocycles. The van der Waals surface area contributed by atoms with Crippen LogP contribution in [-0.2, 0) is 15.6 Å². The maximum atomic E-state index is 6.50. The summed E-state index contributed by atoms with van der Waals surface area (Å²) in [5.74, 6) is 1.98. The molecule has 5 nitrogen and oxygen atoms in total. The lowest BCUT2D eigenvalue weighted by Crippen LogP contribution is -2.30. The minimum absolute atomic E-state index is 0.0190. The highest BCUT2D eigenvalue weighted by molar-refractivity contribution is 6.12. The van der Waals surface area contributed by atoms with E-state index in [-0.39, 0.29) is 16.4 Å². The SMILES string of the molecule is Cc1ccc2c(c1)c1cc3c(cc1n2-c1cc(C(C)(C)C)ccn1)N(c1cc(C2=N[C@](C)(C(C)C)CO2)cc(-c2c(C)cccc2C)c1)c1ccccc1C3(C)C. The van der Waals surface area contributed by atoms with Gasteiger partial charge in [0.15, 0.2) is 0 Å². The molecule has 2 aliphatic heterocycles. The average molecular weight is 751 g/mol. The van der Waals surface area contributed by atoms with E-state index in [1.165, 1.54) is 55.4 Å². The summed E-state index contributed by atoms with van der Waals surface area (Å²) in [5.41, 5.74) is 16.1. The Morgan fingerprint density at radius 3 is 2.14 bits per heavy atom. The molecule has 57 heavy (non-hydrogen) atoms. The highest BCUT2D eigenvalue weighted by Crippen LogP contribution is 2.54. The molecule has 0 aliphatic carbocycles. The molecule has 0 radical (unpaired) electrons. The zero-order valence-electron chi connectivity index (χ0n) is 35.4. The maximum absolute atomic E-state index is 6.50. The lowest BCUT2D eigenvalue weighted by molar-refractivity contribution is 0.224. The lowest BCUT2D eigenvalue weighted by Gasteiger charge is -2.42. The van der Waals surface area contributed by atoms with Gasteiger partial charge in [0.2, 0.25) is 5.90 Å². The Morgan fingerprint density at radius 1 is 0.702 bits per heavy atom. The molecule has 2 aromatic heterocycles. The first-order chi connectivity index (χ1) is 27.0. The summed E-state index contributed by atoms with van der Waals surface area (Å²) < 4.78 is 8.87. The fourth-order valence-corrected chi connectivity index (χ4v) is 9.09. The van der Waals surface area contributed by atoms with Crippen LogP contribution >= 0.6 is 0 Å². The molecular weight excluding hydrogens is 697 g/mol. The van der Waals surface area contributed by atoms with Gasteiger partial charge in [-0.05, 0) is 139 Å². The summed E-state index contributed by atoms with van der Waals surface area (Å²) in [6.45, 7) is 25.4. The van der Waals surface area contributed by atoms with Crippen LogP contribution in [0, 0.1) is 26.7 Å². The van der Waals surface area contributed by atoms with Crippen molar-refractivity contribution in [2.45, 2.75) is 92.5 Å². The van der Waals surface area contributed by atoms with E-state index in [9.17, 15) is 0 Å². The van der Waals surface area contributed by atoms with Crippen LogP contribution in [0.25, 0.3) is 38.8 Å². The van der Waals surface area contributed by atoms with E-state index in [0.29, 0.717) is 18.4 Å². The Balaban J connectivity index is 1.37. The number of anilines is 3. The maximum Gasteiger partial charge on any atom is 0.216 e. The first-order valence-electron chi connectivity index (χ1n) is 20.5. The Hall–Kier alpha value is -5.68. The molecule has 0 bridgehead atoms. The number of nitrogens with zero attached hydrogens (tertiary/aromatic N) is 4. The van der Waals surface area contributed by atoms with Crippen molar-refractivity contribution in [2.75, 3.05) is 11.5 Å². The summed E-state index contributed by atoms with van der Waals surface area (Å²) in [4.78, 5) is 12.8. The summed E-state index contributed by atoms with van der Waals surface area (Å²) >= 11 is 0. The van der Waals surface area contributed by atoms with Crippen molar-refractivity contribution in [1.29, 1.82) is 0 Å². The summed E-state index contributed by atoms with van der Waals surface area (Å²) in [6, 6.07) is 38.6. The second kappa shape index (κ2) is 12.9. The Kier molecular flexibility index (Phi) is 8.37. The van der Waals surface area contributed by atoms with E-state index in [0.717, 1.165) is 39.4 Å². The number of pyridine rings is 1. The number of hydrogen-bond acceptors (Lipinski definition) is 4. The summed E-state index contributed by atoms with van der Waals surface area (Å²) in [5, 5.41) is 2.47. The van der Waals surface area contributed by atoms with Gasteiger partial charge in [-0.2, -0.15) is 0 Å². The van der Waals surface area contributed by atoms with Crippen molar-refractivity contribution < 1.29 is 4.74 Å². The predicted octanol–water partition coefficient (Wildman–Crippen LogP) is 13.4. The van der Waals surface area contributed by atoms with Crippen molar-refractivity contribution in [3.05, 3.63) is 148 Å². The van der Waals surface area contributed by atoms with Crippen LogP contribution in [0.5, 0.6) is 0 Å². The zero-order chi connectivity index (χ0) is 40.2. The topological polar surface area (TPSA) is 42.7 Å². The van der Waals surface area contributed by atoms with Gasteiger partial charge >= 0.3 is 0 Å². The molecule has 0 fully saturated rings. The van der Waals surface area contributed by atoms with Crippen LogP contribution in [0.4, 0.5) is 17.1 Å². The van der Waals surface area contributed by atoms with E-state index < -0.39 is 0 Å². The number of ether oxygens (including phenoxy) is 1. The molecular formula is C52H54N4O. The van der Waals surface area contributed by atoms with Crippen molar-refractivity contribution in [3.63, 3.8) is 0 Å². The second-order valence-corrected chi connectivity index (χ2v) is 18.6.